The van der Waals surface area contributed by atoms with Crippen LogP contribution in [0.2, 0.25) is 0 Å². The maximum atomic E-state index is 12.5. The molecule has 0 saturated heterocycles. The van der Waals surface area contributed by atoms with Crippen molar-refractivity contribution in [3.05, 3.63) is 35.9 Å². The van der Waals surface area contributed by atoms with Crippen molar-refractivity contribution in [3.63, 3.8) is 0 Å². The summed E-state index contributed by atoms with van der Waals surface area (Å²) in [5.41, 5.74) is 0.981. The van der Waals surface area contributed by atoms with Crippen molar-refractivity contribution in [2.75, 3.05) is 7.05 Å². The third-order valence-electron chi connectivity index (χ3n) is 4.28. The third kappa shape index (κ3) is 3.83. The highest BCUT2D eigenvalue weighted by molar-refractivity contribution is 5.81. The molecule has 0 spiro atoms. The average Bonchev–Trinajstić information content (AvgIpc) is 2.53. The van der Waals surface area contributed by atoms with Gasteiger partial charge in [0.1, 0.15) is 5.92 Å². The summed E-state index contributed by atoms with van der Waals surface area (Å²) < 4.78 is 0. The van der Waals surface area contributed by atoms with Crippen molar-refractivity contribution in [1.29, 1.82) is 5.26 Å². The zero-order valence-corrected chi connectivity index (χ0v) is 12.4. The number of likely N-dealkylation sites (N-methyl/N-ethyl adjacent to an activating group) is 1. The average molecular weight is 286 g/mol. The molecule has 4 nitrogen and oxygen atoms in total. The Hall–Kier alpha value is -1.86. The van der Waals surface area contributed by atoms with Crippen LogP contribution in [-0.4, -0.2) is 35.1 Å². The SMILES string of the molecule is CN(C(=O)C(C#N)Cc1ccccc1)C1CCCCC1O. The van der Waals surface area contributed by atoms with Crippen LogP contribution in [0.3, 0.4) is 0 Å². The number of hydrogen-bond donors (Lipinski definition) is 1. The quantitative estimate of drug-likeness (QED) is 0.922. The lowest BCUT2D eigenvalue weighted by molar-refractivity contribution is -0.138. The lowest BCUT2D eigenvalue weighted by atomic mass is 9.90. The lowest BCUT2D eigenvalue weighted by Crippen LogP contribution is -2.48. The van der Waals surface area contributed by atoms with Gasteiger partial charge in [0.15, 0.2) is 0 Å². The number of hydrogen-bond acceptors (Lipinski definition) is 3. The Morgan fingerprint density at radius 2 is 2.05 bits per heavy atom. The summed E-state index contributed by atoms with van der Waals surface area (Å²) in [6, 6.07) is 11.5. The van der Waals surface area contributed by atoms with Crippen molar-refractivity contribution in [2.45, 2.75) is 44.2 Å². The van der Waals surface area contributed by atoms with E-state index in [0.717, 1.165) is 31.2 Å². The van der Waals surface area contributed by atoms with Gasteiger partial charge >= 0.3 is 0 Å². The molecular formula is C17H22N2O2. The smallest absolute Gasteiger partial charge is 0.240 e. The number of benzene rings is 1. The van der Waals surface area contributed by atoms with Gasteiger partial charge in [-0.2, -0.15) is 5.26 Å². The molecule has 3 unspecified atom stereocenters. The molecule has 3 atom stereocenters. The summed E-state index contributed by atoms with van der Waals surface area (Å²) >= 11 is 0. The van der Waals surface area contributed by atoms with E-state index in [0.29, 0.717) is 6.42 Å². The zero-order chi connectivity index (χ0) is 15.2. The second-order valence-corrected chi connectivity index (χ2v) is 5.74. The fourth-order valence-corrected chi connectivity index (χ4v) is 2.99. The molecule has 1 amide bonds. The maximum Gasteiger partial charge on any atom is 0.240 e. The predicted molar refractivity (Wildman–Crippen MR) is 80.3 cm³/mol. The number of amides is 1. The standard InChI is InChI=1S/C17H22N2O2/c1-19(15-9-5-6-10-16(15)20)17(21)14(12-18)11-13-7-3-2-4-8-13/h2-4,7-8,14-16,20H,5-6,9-11H2,1H3. The van der Waals surface area contributed by atoms with E-state index in [1.807, 2.05) is 30.3 Å². The second kappa shape index (κ2) is 7.24. The van der Waals surface area contributed by atoms with E-state index < -0.39 is 12.0 Å². The van der Waals surface area contributed by atoms with Crippen molar-refractivity contribution in [1.82, 2.24) is 4.90 Å². The minimum Gasteiger partial charge on any atom is -0.391 e. The molecule has 0 radical (unpaired) electrons. The number of carbonyl (C=O) groups excluding carboxylic acids is 1. The molecule has 21 heavy (non-hydrogen) atoms. The van der Waals surface area contributed by atoms with Crippen LogP contribution in [0.25, 0.3) is 0 Å². The van der Waals surface area contributed by atoms with Gasteiger partial charge in [0.25, 0.3) is 0 Å². The van der Waals surface area contributed by atoms with Crippen LogP contribution in [0.4, 0.5) is 0 Å². The second-order valence-electron chi connectivity index (χ2n) is 5.74. The topological polar surface area (TPSA) is 64.3 Å². The Kier molecular flexibility index (Phi) is 5.35. The van der Waals surface area contributed by atoms with Gasteiger partial charge in [-0.1, -0.05) is 43.2 Å². The van der Waals surface area contributed by atoms with Gasteiger partial charge in [0, 0.05) is 7.05 Å². The van der Waals surface area contributed by atoms with Crippen LogP contribution < -0.4 is 0 Å². The zero-order valence-electron chi connectivity index (χ0n) is 12.4. The highest BCUT2D eigenvalue weighted by Gasteiger charge is 2.32. The summed E-state index contributed by atoms with van der Waals surface area (Å²) in [5.74, 6) is -0.876. The van der Waals surface area contributed by atoms with E-state index in [2.05, 4.69) is 6.07 Å². The molecule has 1 N–H and O–H groups in total. The Labute approximate surface area is 126 Å². The molecule has 1 aliphatic carbocycles. The fraction of sp³-hybridized carbons (Fsp3) is 0.529. The number of nitrogens with zero attached hydrogens (tertiary/aromatic N) is 2. The van der Waals surface area contributed by atoms with Gasteiger partial charge < -0.3 is 10.0 Å². The monoisotopic (exact) mass is 286 g/mol. The highest BCUT2D eigenvalue weighted by atomic mass is 16.3. The summed E-state index contributed by atoms with van der Waals surface area (Å²) in [4.78, 5) is 14.1. The van der Waals surface area contributed by atoms with Gasteiger partial charge in [-0.15, -0.1) is 0 Å². The number of carbonyl (C=O) groups is 1. The number of rotatable bonds is 4. The fourth-order valence-electron chi connectivity index (χ4n) is 2.99. The van der Waals surface area contributed by atoms with Crippen LogP contribution in [0.15, 0.2) is 30.3 Å². The predicted octanol–water partition coefficient (Wildman–Crippen LogP) is 2.13. The number of aliphatic hydroxyl groups is 1. The van der Waals surface area contributed by atoms with Crippen molar-refractivity contribution in [2.24, 2.45) is 5.92 Å². The van der Waals surface area contributed by atoms with Gasteiger partial charge in [-0.3, -0.25) is 4.79 Å². The van der Waals surface area contributed by atoms with E-state index in [-0.39, 0.29) is 11.9 Å². The van der Waals surface area contributed by atoms with E-state index >= 15 is 0 Å². The molecule has 2 rings (SSSR count). The molecule has 0 aromatic heterocycles. The van der Waals surface area contributed by atoms with Crippen LogP contribution in [0, 0.1) is 17.2 Å². The van der Waals surface area contributed by atoms with Gasteiger partial charge in [0.05, 0.1) is 18.2 Å². The van der Waals surface area contributed by atoms with E-state index in [4.69, 9.17) is 0 Å². The van der Waals surface area contributed by atoms with Crippen LogP contribution >= 0.6 is 0 Å². The molecule has 112 valence electrons. The van der Waals surface area contributed by atoms with Gasteiger partial charge in [-0.05, 0) is 24.8 Å². The summed E-state index contributed by atoms with van der Waals surface area (Å²) in [6.07, 6.45) is 3.53. The van der Waals surface area contributed by atoms with Crippen molar-refractivity contribution < 1.29 is 9.90 Å². The van der Waals surface area contributed by atoms with Gasteiger partial charge in [-0.25, -0.2) is 0 Å². The molecule has 1 aromatic carbocycles. The summed E-state index contributed by atoms with van der Waals surface area (Å²) in [7, 11) is 1.71. The molecule has 1 aromatic rings. The Morgan fingerprint density at radius 1 is 1.38 bits per heavy atom. The van der Waals surface area contributed by atoms with E-state index in [1.54, 1.807) is 11.9 Å². The first-order valence-electron chi connectivity index (χ1n) is 7.51. The molecular weight excluding hydrogens is 264 g/mol. The number of nitriles is 1. The first-order chi connectivity index (χ1) is 10.1. The largest absolute Gasteiger partial charge is 0.391 e. The van der Waals surface area contributed by atoms with Crippen LogP contribution in [0.1, 0.15) is 31.2 Å². The third-order valence-corrected chi connectivity index (χ3v) is 4.28. The molecule has 0 heterocycles. The molecule has 1 saturated carbocycles. The number of aliphatic hydroxyl groups excluding tert-OH is 1. The highest BCUT2D eigenvalue weighted by Crippen LogP contribution is 2.24. The first kappa shape index (κ1) is 15.5. The maximum absolute atomic E-state index is 12.5. The molecule has 0 bridgehead atoms. The van der Waals surface area contributed by atoms with Crippen LogP contribution in [-0.2, 0) is 11.2 Å². The van der Waals surface area contributed by atoms with E-state index in [9.17, 15) is 15.2 Å². The van der Waals surface area contributed by atoms with Crippen molar-refractivity contribution >= 4 is 5.91 Å². The Balaban J connectivity index is 2.04. The molecule has 1 aliphatic rings. The first-order valence-corrected chi connectivity index (χ1v) is 7.51. The molecule has 1 fully saturated rings. The minimum absolute atomic E-state index is 0.155. The van der Waals surface area contributed by atoms with Crippen molar-refractivity contribution in [3.8, 4) is 6.07 Å². The molecule has 0 aliphatic heterocycles. The minimum atomic E-state index is -0.688. The normalized spacial score (nSPS) is 23.1. The van der Waals surface area contributed by atoms with Crippen LogP contribution in [0.5, 0.6) is 0 Å². The summed E-state index contributed by atoms with van der Waals surface area (Å²) in [5, 5.41) is 19.4. The van der Waals surface area contributed by atoms with E-state index in [1.165, 1.54) is 0 Å². The lowest BCUT2D eigenvalue weighted by Gasteiger charge is -2.36. The Morgan fingerprint density at radius 3 is 2.67 bits per heavy atom. The van der Waals surface area contributed by atoms with Gasteiger partial charge in [0.2, 0.25) is 5.91 Å². The molecule has 4 heteroatoms. The Bertz CT molecular complexity index is 509. The summed E-state index contributed by atoms with van der Waals surface area (Å²) in [6.45, 7) is 0.